The van der Waals surface area contributed by atoms with Crippen molar-refractivity contribution in [2.24, 2.45) is 0 Å². The van der Waals surface area contributed by atoms with Gasteiger partial charge in [0, 0.05) is 19.2 Å². The molecule has 0 aromatic carbocycles. The molecule has 0 fully saturated rings. The third-order valence-corrected chi connectivity index (χ3v) is 3.68. The fourth-order valence-electron chi connectivity index (χ4n) is 1.75. The Labute approximate surface area is 115 Å². The minimum Gasteiger partial charge on any atom is -0.481 e. The van der Waals surface area contributed by atoms with Gasteiger partial charge in [-0.3, -0.25) is 9.69 Å². The van der Waals surface area contributed by atoms with Crippen LogP contribution >= 0.6 is 11.3 Å². The van der Waals surface area contributed by atoms with E-state index in [9.17, 15) is 4.79 Å². The van der Waals surface area contributed by atoms with Crippen molar-refractivity contribution in [1.82, 2.24) is 10.1 Å². The summed E-state index contributed by atoms with van der Waals surface area (Å²) < 4.78 is 5.30. The minimum absolute atomic E-state index is 0.142. The number of carboxylic acids is 1. The molecule has 0 saturated carbocycles. The van der Waals surface area contributed by atoms with E-state index in [0.29, 0.717) is 13.1 Å². The van der Waals surface area contributed by atoms with Gasteiger partial charge in [-0.25, -0.2) is 0 Å². The molecule has 5 nitrogen and oxygen atoms in total. The summed E-state index contributed by atoms with van der Waals surface area (Å²) in [5.41, 5.74) is 0.829. The van der Waals surface area contributed by atoms with Crippen molar-refractivity contribution in [3.05, 3.63) is 29.3 Å². The van der Waals surface area contributed by atoms with Crippen LogP contribution in [-0.2, 0) is 11.3 Å². The monoisotopic (exact) mass is 280 g/mol. The molecule has 2 heterocycles. The van der Waals surface area contributed by atoms with Crippen molar-refractivity contribution in [2.75, 3.05) is 13.1 Å². The summed E-state index contributed by atoms with van der Waals surface area (Å²) in [6.45, 7) is 3.92. The molecule has 0 unspecified atom stereocenters. The Balaban J connectivity index is 1.96. The number of aromatic nitrogens is 1. The molecule has 0 spiro atoms. The lowest BCUT2D eigenvalue weighted by Crippen LogP contribution is -2.25. The van der Waals surface area contributed by atoms with E-state index in [2.05, 4.69) is 5.16 Å². The van der Waals surface area contributed by atoms with Crippen molar-refractivity contribution in [2.45, 2.75) is 19.9 Å². The van der Waals surface area contributed by atoms with Crippen LogP contribution in [0.4, 0.5) is 0 Å². The molecule has 2 aromatic rings. The third-order valence-electron chi connectivity index (χ3n) is 2.80. The Hall–Kier alpha value is -1.66. The van der Waals surface area contributed by atoms with E-state index in [-0.39, 0.29) is 6.42 Å². The van der Waals surface area contributed by atoms with Gasteiger partial charge in [-0.15, -0.1) is 11.3 Å². The highest BCUT2D eigenvalue weighted by molar-refractivity contribution is 7.13. The summed E-state index contributed by atoms with van der Waals surface area (Å²) in [5, 5.41) is 14.7. The van der Waals surface area contributed by atoms with Gasteiger partial charge in [-0.1, -0.05) is 18.1 Å². The highest BCUT2D eigenvalue weighted by Crippen LogP contribution is 2.25. The summed E-state index contributed by atoms with van der Waals surface area (Å²) in [7, 11) is 0. The molecule has 1 N–H and O–H groups in total. The van der Waals surface area contributed by atoms with Gasteiger partial charge in [0.05, 0.1) is 17.0 Å². The Morgan fingerprint density at radius 2 is 2.42 bits per heavy atom. The summed E-state index contributed by atoms with van der Waals surface area (Å²) in [6.07, 6.45) is 0.142. The number of hydrogen-bond donors (Lipinski definition) is 1. The average molecular weight is 280 g/mol. The lowest BCUT2D eigenvalue weighted by Gasteiger charge is -2.17. The predicted octanol–water partition coefficient (Wildman–Crippen LogP) is 2.70. The Bertz CT molecular complexity index is 522. The summed E-state index contributed by atoms with van der Waals surface area (Å²) in [5.74, 6) is -0.0165. The minimum atomic E-state index is -0.780. The fourth-order valence-corrected chi connectivity index (χ4v) is 2.43. The largest absolute Gasteiger partial charge is 0.481 e. The van der Waals surface area contributed by atoms with E-state index in [1.165, 1.54) is 0 Å². The Morgan fingerprint density at radius 1 is 1.58 bits per heavy atom. The van der Waals surface area contributed by atoms with E-state index >= 15 is 0 Å². The number of thiophene rings is 1. The van der Waals surface area contributed by atoms with Crippen LogP contribution in [0.3, 0.4) is 0 Å². The van der Waals surface area contributed by atoms with Crippen LogP contribution in [0.2, 0.25) is 0 Å². The lowest BCUT2D eigenvalue weighted by atomic mass is 10.3. The summed E-state index contributed by atoms with van der Waals surface area (Å²) in [6, 6.07) is 5.86. The topological polar surface area (TPSA) is 66.6 Å². The third kappa shape index (κ3) is 3.90. The molecule has 102 valence electrons. The maximum atomic E-state index is 10.6. The van der Waals surface area contributed by atoms with Crippen LogP contribution in [0.5, 0.6) is 0 Å². The molecular formula is C13H16N2O3S. The fraction of sp³-hybridized carbons (Fsp3) is 0.385. The second-order valence-corrected chi connectivity index (χ2v) is 5.12. The molecule has 0 aliphatic carbocycles. The molecule has 0 bridgehead atoms. The number of nitrogens with zero attached hydrogens (tertiary/aromatic N) is 2. The van der Waals surface area contributed by atoms with Crippen LogP contribution in [0.15, 0.2) is 28.1 Å². The molecule has 0 aliphatic heterocycles. The normalized spacial score (nSPS) is 11.1. The SMILES string of the molecule is CCN(CCC(=O)O)Cc1cc(-c2cccs2)on1. The van der Waals surface area contributed by atoms with Crippen LogP contribution in [0.1, 0.15) is 19.0 Å². The van der Waals surface area contributed by atoms with E-state index in [0.717, 1.165) is 22.9 Å². The van der Waals surface area contributed by atoms with Gasteiger partial charge in [-0.2, -0.15) is 0 Å². The molecule has 2 rings (SSSR count). The van der Waals surface area contributed by atoms with Gasteiger partial charge in [-0.05, 0) is 18.0 Å². The van der Waals surface area contributed by atoms with Crippen molar-refractivity contribution >= 4 is 17.3 Å². The summed E-state index contributed by atoms with van der Waals surface area (Å²) >= 11 is 1.60. The first-order valence-corrected chi connectivity index (χ1v) is 7.00. The van der Waals surface area contributed by atoms with Crippen LogP contribution in [-0.4, -0.2) is 34.2 Å². The number of rotatable bonds is 7. The standard InChI is InChI=1S/C13H16N2O3S/c1-2-15(6-5-13(16)17)9-10-8-11(18-14-10)12-4-3-7-19-12/h3-4,7-8H,2,5-6,9H2,1H3,(H,16,17). The van der Waals surface area contributed by atoms with Crippen molar-refractivity contribution < 1.29 is 14.4 Å². The molecule has 2 aromatic heterocycles. The first-order valence-electron chi connectivity index (χ1n) is 6.12. The number of carbonyl (C=O) groups is 1. The van der Waals surface area contributed by atoms with Gasteiger partial charge in [0.15, 0.2) is 5.76 Å². The zero-order valence-corrected chi connectivity index (χ0v) is 11.5. The lowest BCUT2D eigenvalue weighted by molar-refractivity contribution is -0.137. The zero-order valence-electron chi connectivity index (χ0n) is 10.7. The van der Waals surface area contributed by atoms with Crippen molar-refractivity contribution in [1.29, 1.82) is 0 Å². The van der Waals surface area contributed by atoms with Gasteiger partial charge in [0.2, 0.25) is 0 Å². The van der Waals surface area contributed by atoms with E-state index in [4.69, 9.17) is 9.63 Å². The van der Waals surface area contributed by atoms with Crippen molar-refractivity contribution in [3.8, 4) is 10.6 Å². The quantitative estimate of drug-likeness (QED) is 0.844. The smallest absolute Gasteiger partial charge is 0.304 e. The Kier molecular flexibility index (Phi) is 4.70. The second kappa shape index (κ2) is 6.49. The van der Waals surface area contributed by atoms with Crippen LogP contribution in [0, 0.1) is 0 Å². The maximum absolute atomic E-state index is 10.6. The predicted molar refractivity (Wildman–Crippen MR) is 73.0 cm³/mol. The molecule has 0 radical (unpaired) electrons. The van der Waals surface area contributed by atoms with Crippen LogP contribution < -0.4 is 0 Å². The molecule has 0 saturated heterocycles. The Morgan fingerprint density at radius 3 is 3.05 bits per heavy atom. The van der Waals surface area contributed by atoms with E-state index in [1.54, 1.807) is 11.3 Å². The molecule has 6 heteroatoms. The second-order valence-electron chi connectivity index (χ2n) is 4.17. The molecule has 19 heavy (non-hydrogen) atoms. The summed E-state index contributed by atoms with van der Waals surface area (Å²) in [4.78, 5) is 13.7. The highest BCUT2D eigenvalue weighted by atomic mass is 32.1. The maximum Gasteiger partial charge on any atom is 0.304 e. The molecule has 0 amide bonds. The zero-order chi connectivity index (χ0) is 13.7. The number of aliphatic carboxylic acids is 1. The van der Waals surface area contributed by atoms with Gasteiger partial charge < -0.3 is 9.63 Å². The first-order chi connectivity index (χ1) is 9.19. The van der Waals surface area contributed by atoms with Crippen molar-refractivity contribution in [3.63, 3.8) is 0 Å². The first kappa shape index (κ1) is 13.8. The molecule has 0 aliphatic rings. The van der Waals surface area contributed by atoms with Crippen LogP contribution in [0.25, 0.3) is 10.6 Å². The highest BCUT2D eigenvalue weighted by Gasteiger charge is 2.11. The molecule has 0 atom stereocenters. The van der Waals surface area contributed by atoms with Gasteiger partial charge >= 0.3 is 5.97 Å². The number of carboxylic acid groups (broad SMARTS) is 1. The van der Waals surface area contributed by atoms with Gasteiger partial charge in [0.25, 0.3) is 0 Å². The van der Waals surface area contributed by atoms with E-state index < -0.39 is 5.97 Å². The number of hydrogen-bond acceptors (Lipinski definition) is 5. The average Bonchev–Trinajstić information content (AvgIpc) is 3.04. The van der Waals surface area contributed by atoms with Gasteiger partial charge in [0.1, 0.15) is 0 Å². The molecular weight excluding hydrogens is 264 g/mol. The van der Waals surface area contributed by atoms with E-state index in [1.807, 2.05) is 35.4 Å².